The number of nitrogens with zero attached hydrogens (tertiary/aromatic N) is 2. The van der Waals surface area contributed by atoms with Gasteiger partial charge in [0.2, 0.25) is 0 Å². The van der Waals surface area contributed by atoms with E-state index in [4.69, 9.17) is 5.73 Å². The van der Waals surface area contributed by atoms with E-state index in [-0.39, 0.29) is 23.3 Å². The Morgan fingerprint density at radius 1 is 1.33 bits per heavy atom. The molecule has 0 bridgehead atoms. The second-order valence-electron chi connectivity index (χ2n) is 5.12. The molecule has 1 amide bonds. The van der Waals surface area contributed by atoms with Crippen LogP contribution in [0.2, 0.25) is 0 Å². The first-order valence-corrected chi connectivity index (χ1v) is 6.97. The largest absolute Gasteiger partial charge is 0.505 e. The summed E-state index contributed by atoms with van der Waals surface area (Å²) in [6.45, 7) is 1.15. The zero-order valence-electron chi connectivity index (χ0n) is 11.6. The molecule has 1 aliphatic heterocycles. The first kappa shape index (κ1) is 13.6. The average molecular weight is 283 g/mol. The maximum Gasteiger partial charge on any atom is 0.280 e. The Bertz CT molecular complexity index is 672. The number of hydrogen-bond acceptors (Lipinski definition) is 4. The van der Waals surface area contributed by atoms with Crippen LogP contribution in [0.3, 0.4) is 0 Å². The zero-order chi connectivity index (χ0) is 14.8. The van der Waals surface area contributed by atoms with Crippen molar-refractivity contribution in [2.24, 2.45) is 5.73 Å². The number of nitrogens with two attached hydrogens (primary N) is 1. The lowest BCUT2D eigenvalue weighted by molar-refractivity contribution is 0.0980. The number of aromatic nitrogens is 1. The molecular weight excluding hydrogens is 266 g/mol. The molecule has 5 nitrogen and oxygen atoms in total. The summed E-state index contributed by atoms with van der Waals surface area (Å²) in [6, 6.07) is 10.9. The summed E-state index contributed by atoms with van der Waals surface area (Å²) >= 11 is 0. The molecule has 108 valence electrons. The van der Waals surface area contributed by atoms with E-state index in [1.807, 2.05) is 24.3 Å². The van der Waals surface area contributed by atoms with Gasteiger partial charge in [0, 0.05) is 24.3 Å². The number of amides is 1. The van der Waals surface area contributed by atoms with Crippen LogP contribution in [0.5, 0.6) is 5.75 Å². The Hall–Kier alpha value is -2.40. The van der Waals surface area contributed by atoms with Crippen molar-refractivity contribution in [1.82, 2.24) is 4.98 Å². The number of rotatable bonds is 3. The van der Waals surface area contributed by atoms with Gasteiger partial charge in [0.05, 0.1) is 0 Å². The number of hydrogen-bond donors (Lipinski definition) is 2. The fourth-order valence-electron chi connectivity index (χ4n) is 2.83. The van der Waals surface area contributed by atoms with E-state index in [0.717, 1.165) is 17.7 Å². The van der Waals surface area contributed by atoms with Gasteiger partial charge in [-0.25, -0.2) is 4.98 Å². The minimum Gasteiger partial charge on any atom is -0.505 e. The summed E-state index contributed by atoms with van der Waals surface area (Å²) in [6.07, 6.45) is 2.33. The molecule has 5 heteroatoms. The monoisotopic (exact) mass is 283 g/mol. The van der Waals surface area contributed by atoms with Gasteiger partial charge in [0.15, 0.2) is 5.69 Å². The smallest absolute Gasteiger partial charge is 0.280 e. The van der Waals surface area contributed by atoms with Gasteiger partial charge < -0.3 is 15.7 Å². The summed E-state index contributed by atoms with van der Waals surface area (Å²) < 4.78 is 0. The average Bonchev–Trinajstić information content (AvgIpc) is 2.87. The molecular formula is C16H17N3O2. The van der Waals surface area contributed by atoms with E-state index in [1.54, 1.807) is 11.0 Å². The highest BCUT2D eigenvalue weighted by Gasteiger charge is 2.33. The molecule has 0 aliphatic carbocycles. The van der Waals surface area contributed by atoms with E-state index >= 15 is 0 Å². The van der Waals surface area contributed by atoms with Gasteiger partial charge in [-0.15, -0.1) is 0 Å². The Labute approximate surface area is 123 Å². The van der Waals surface area contributed by atoms with Crippen LogP contribution in [0, 0.1) is 0 Å². The van der Waals surface area contributed by atoms with Crippen LogP contribution in [-0.4, -0.2) is 29.1 Å². The number of aromatic hydroxyl groups is 1. The van der Waals surface area contributed by atoms with Crippen LogP contribution in [0.1, 0.15) is 28.4 Å². The number of fused-ring (bicyclic) bond motifs is 1. The van der Waals surface area contributed by atoms with E-state index < -0.39 is 0 Å². The number of pyridine rings is 1. The molecule has 2 heterocycles. The number of carbonyl (C=O) groups excluding carboxylic acids is 1. The first-order valence-electron chi connectivity index (χ1n) is 6.97. The van der Waals surface area contributed by atoms with E-state index in [9.17, 15) is 9.90 Å². The summed E-state index contributed by atoms with van der Waals surface area (Å²) in [5.41, 5.74) is 7.76. The zero-order valence-corrected chi connectivity index (χ0v) is 11.6. The van der Waals surface area contributed by atoms with Crippen LogP contribution >= 0.6 is 0 Å². The fourth-order valence-corrected chi connectivity index (χ4v) is 2.83. The van der Waals surface area contributed by atoms with E-state index in [0.29, 0.717) is 13.1 Å². The summed E-state index contributed by atoms with van der Waals surface area (Å²) in [7, 11) is 0. The molecule has 21 heavy (non-hydrogen) atoms. The van der Waals surface area contributed by atoms with Crippen molar-refractivity contribution in [2.75, 3.05) is 18.0 Å². The summed E-state index contributed by atoms with van der Waals surface area (Å²) in [4.78, 5) is 18.3. The van der Waals surface area contributed by atoms with Crippen molar-refractivity contribution >= 4 is 11.6 Å². The van der Waals surface area contributed by atoms with Crippen molar-refractivity contribution in [2.45, 2.75) is 12.3 Å². The van der Waals surface area contributed by atoms with Crippen molar-refractivity contribution in [3.05, 3.63) is 53.9 Å². The highest BCUT2D eigenvalue weighted by molar-refractivity contribution is 6.07. The molecule has 0 fully saturated rings. The molecule has 1 aliphatic rings. The molecule has 0 spiro atoms. The Balaban J connectivity index is 1.97. The third-order valence-electron chi connectivity index (χ3n) is 3.82. The second-order valence-corrected chi connectivity index (χ2v) is 5.12. The highest BCUT2D eigenvalue weighted by Crippen LogP contribution is 2.38. The summed E-state index contributed by atoms with van der Waals surface area (Å²) in [5.74, 6) is -0.136. The summed E-state index contributed by atoms with van der Waals surface area (Å²) in [5, 5.41) is 9.83. The van der Waals surface area contributed by atoms with Gasteiger partial charge in [-0.1, -0.05) is 18.2 Å². The highest BCUT2D eigenvalue weighted by atomic mass is 16.3. The lowest BCUT2D eigenvalue weighted by atomic mass is 9.98. The van der Waals surface area contributed by atoms with Crippen LogP contribution in [-0.2, 0) is 0 Å². The predicted octanol–water partition coefficient (Wildman–Crippen LogP) is 1.88. The molecule has 1 aromatic heterocycles. The minimum absolute atomic E-state index is 0.0840. The third-order valence-corrected chi connectivity index (χ3v) is 3.82. The SMILES string of the molecule is NCCC1CN(C(=O)c2ncccc2O)c2ccccc21. The van der Waals surface area contributed by atoms with Crippen molar-refractivity contribution in [3.8, 4) is 5.75 Å². The standard InChI is InChI=1S/C16H17N3O2/c17-8-7-11-10-19(13-5-2-1-4-12(11)13)16(21)15-14(20)6-3-9-18-15/h1-6,9,11,20H,7-8,10,17H2. The molecule has 3 rings (SSSR count). The second kappa shape index (κ2) is 5.54. The first-order chi connectivity index (χ1) is 10.2. The van der Waals surface area contributed by atoms with Crippen LogP contribution in [0.4, 0.5) is 5.69 Å². The number of anilines is 1. The Kier molecular flexibility index (Phi) is 3.58. The molecule has 1 aromatic carbocycles. The van der Waals surface area contributed by atoms with Gasteiger partial charge in [-0.3, -0.25) is 4.79 Å². The minimum atomic E-state index is -0.278. The van der Waals surface area contributed by atoms with Gasteiger partial charge in [-0.05, 0) is 36.7 Å². The van der Waals surface area contributed by atoms with Gasteiger partial charge in [0.1, 0.15) is 5.75 Å². The van der Waals surface area contributed by atoms with Gasteiger partial charge >= 0.3 is 0 Å². The van der Waals surface area contributed by atoms with Crippen molar-refractivity contribution in [3.63, 3.8) is 0 Å². The molecule has 2 aromatic rings. The van der Waals surface area contributed by atoms with Crippen LogP contribution < -0.4 is 10.6 Å². The predicted molar refractivity (Wildman–Crippen MR) is 80.4 cm³/mol. The van der Waals surface area contributed by atoms with Crippen molar-refractivity contribution in [1.29, 1.82) is 0 Å². The van der Waals surface area contributed by atoms with E-state index in [1.165, 1.54) is 12.3 Å². The normalized spacial score (nSPS) is 16.8. The van der Waals surface area contributed by atoms with Crippen LogP contribution in [0.15, 0.2) is 42.6 Å². The molecule has 1 atom stereocenters. The van der Waals surface area contributed by atoms with Crippen molar-refractivity contribution < 1.29 is 9.90 Å². The maximum absolute atomic E-state index is 12.7. The molecule has 0 saturated carbocycles. The van der Waals surface area contributed by atoms with Gasteiger partial charge in [0.25, 0.3) is 5.91 Å². The fraction of sp³-hybridized carbons (Fsp3) is 0.250. The van der Waals surface area contributed by atoms with E-state index in [2.05, 4.69) is 4.98 Å². The molecule has 3 N–H and O–H groups in total. The molecule has 0 saturated heterocycles. The number of para-hydroxylation sites is 1. The third kappa shape index (κ3) is 2.36. The Morgan fingerprint density at radius 2 is 2.14 bits per heavy atom. The quantitative estimate of drug-likeness (QED) is 0.901. The number of carbonyl (C=O) groups is 1. The lowest BCUT2D eigenvalue weighted by Crippen LogP contribution is -2.30. The number of benzene rings is 1. The topological polar surface area (TPSA) is 79.5 Å². The lowest BCUT2D eigenvalue weighted by Gasteiger charge is -2.17. The van der Waals surface area contributed by atoms with Crippen LogP contribution in [0.25, 0.3) is 0 Å². The molecule has 0 radical (unpaired) electrons. The van der Waals surface area contributed by atoms with Gasteiger partial charge in [-0.2, -0.15) is 0 Å². The molecule has 1 unspecified atom stereocenters. The Morgan fingerprint density at radius 3 is 2.90 bits per heavy atom. The maximum atomic E-state index is 12.7.